The second-order valence-electron chi connectivity index (χ2n) is 5.93. The second-order valence-corrected chi connectivity index (χ2v) is 6.96. The summed E-state index contributed by atoms with van der Waals surface area (Å²) < 4.78 is 7.09. The molecule has 2 N–H and O–H groups in total. The van der Waals surface area contributed by atoms with E-state index in [1.807, 2.05) is 50.8 Å². The van der Waals surface area contributed by atoms with Crippen LogP contribution < -0.4 is 10.6 Å². The Morgan fingerprint density at radius 2 is 2.19 bits per heavy atom. The van der Waals surface area contributed by atoms with Gasteiger partial charge < -0.3 is 19.9 Å². The van der Waals surface area contributed by atoms with E-state index in [2.05, 4.69) is 20.6 Å². The normalized spacial score (nSPS) is 12.3. The molecule has 2 rings (SSSR count). The van der Waals surface area contributed by atoms with Gasteiger partial charge in [-0.25, -0.2) is 14.8 Å². The van der Waals surface area contributed by atoms with Gasteiger partial charge >= 0.3 is 5.97 Å². The molecule has 7 nitrogen and oxygen atoms in total. The highest BCUT2D eigenvalue weighted by molar-refractivity contribution is 14.0. The van der Waals surface area contributed by atoms with Crippen molar-refractivity contribution in [2.75, 3.05) is 13.2 Å². The van der Waals surface area contributed by atoms with Crippen LogP contribution in [0.15, 0.2) is 23.5 Å². The topological polar surface area (TPSA) is 80.5 Å². The summed E-state index contributed by atoms with van der Waals surface area (Å²) in [6.45, 7) is 9.36. The van der Waals surface area contributed by atoms with Crippen molar-refractivity contribution < 1.29 is 9.53 Å². The highest BCUT2D eigenvalue weighted by Gasteiger charge is 2.20. The quantitative estimate of drug-likeness (QED) is 0.261. The third kappa shape index (κ3) is 6.80. The monoisotopic (exact) mass is 505 g/mol. The lowest BCUT2D eigenvalue weighted by Gasteiger charge is -2.15. The summed E-state index contributed by atoms with van der Waals surface area (Å²) in [5.74, 6) is 0.403. The average Bonchev–Trinajstić information content (AvgIpc) is 3.19. The summed E-state index contributed by atoms with van der Waals surface area (Å²) in [4.78, 5) is 21.7. The van der Waals surface area contributed by atoms with E-state index in [0.717, 1.165) is 23.1 Å². The summed E-state index contributed by atoms with van der Waals surface area (Å²) in [6.07, 6.45) is 4.05. The third-order valence-electron chi connectivity index (χ3n) is 3.65. The van der Waals surface area contributed by atoms with E-state index in [1.54, 1.807) is 6.92 Å². The highest BCUT2D eigenvalue weighted by atomic mass is 127. The standard InChI is InChI=1S/C18H27N5O2S.HI/c1-6-19-18(20-10-14-8-9-23(5)11-14)22-13(4)16-21-12(3)15(26-16)17(24)25-7-2;/h8-9,11,13H,6-7,10H2,1-5H3,(H2,19,20,22);1H. The maximum Gasteiger partial charge on any atom is 0.350 e. The molecule has 0 aromatic carbocycles. The first-order valence-corrected chi connectivity index (χ1v) is 9.56. The maximum atomic E-state index is 12.0. The summed E-state index contributed by atoms with van der Waals surface area (Å²) >= 11 is 1.36. The van der Waals surface area contributed by atoms with Gasteiger partial charge in [0.15, 0.2) is 5.96 Å². The van der Waals surface area contributed by atoms with Crippen molar-refractivity contribution in [3.05, 3.63) is 39.6 Å². The predicted molar refractivity (Wildman–Crippen MR) is 120 cm³/mol. The van der Waals surface area contributed by atoms with Gasteiger partial charge in [0.2, 0.25) is 0 Å². The molecule has 0 aliphatic rings. The number of aliphatic imine (C=N–C) groups is 1. The molecule has 2 heterocycles. The molecule has 2 aromatic heterocycles. The average molecular weight is 505 g/mol. The minimum absolute atomic E-state index is 0. The van der Waals surface area contributed by atoms with Crippen LogP contribution in [0.1, 0.15) is 52.7 Å². The fourth-order valence-electron chi connectivity index (χ4n) is 2.40. The number of carbonyl (C=O) groups is 1. The predicted octanol–water partition coefficient (Wildman–Crippen LogP) is 3.40. The van der Waals surface area contributed by atoms with E-state index in [0.29, 0.717) is 23.7 Å². The van der Waals surface area contributed by atoms with E-state index >= 15 is 0 Å². The van der Waals surface area contributed by atoms with Gasteiger partial charge in [0.05, 0.1) is 24.9 Å². The lowest BCUT2D eigenvalue weighted by Crippen LogP contribution is -2.38. The van der Waals surface area contributed by atoms with Crippen LogP contribution in [0.3, 0.4) is 0 Å². The zero-order chi connectivity index (χ0) is 19.1. The molecule has 0 aliphatic heterocycles. The number of esters is 1. The Balaban J connectivity index is 0.00000364. The van der Waals surface area contributed by atoms with Gasteiger partial charge in [0.25, 0.3) is 0 Å². The maximum absolute atomic E-state index is 12.0. The van der Waals surface area contributed by atoms with E-state index in [-0.39, 0.29) is 36.0 Å². The van der Waals surface area contributed by atoms with Crippen LogP contribution in [0, 0.1) is 6.92 Å². The molecule has 0 spiro atoms. The molecule has 150 valence electrons. The minimum atomic E-state index is -0.314. The van der Waals surface area contributed by atoms with Gasteiger partial charge in [-0.1, -0.05) is 0 Å². The number of halogens is 1. The number of aryl methyl sites for hydroxylation is 2. The van der Waals surface area contributed by atoms with Crippen molar-refractivity contribution in [3.8, 4) is 0 Å². The molecule has 0 saturated heterocycles. The Bertz CT molecular complexity index is 772. The number of carbonyl (C=O) groups excluding carboxylic acids is 1. The van der Waals surface area contributed by atoms with Crippen molar-refractivity contribution in [2.24, 2.45) is 12.0 Å². The molecule has 0 radical (unpaired) electrons. The Morgan fingerprint density at radius 3 is 2.78 bits per heavy atom. The first kappa shape index (κ1) is 23.4. The van der Waals surface area contributed by atoms with Gasteiger partial charge in [0.1, 0.15) is 9.88 Å². The number of ether oxygens (including phenoxy) is 1. The number of nitrogens with zero attached hydrogens (tertiary/aromatic N) is 3. The Labute approximate surface area is 181 Å². The van der Waals surface area contributed by atoms with Gasteiger partial charge in [-0.15, -0.1) is 35.3 Å². The largest absolute Gasteiger partial charge is 0.462 e. The second kappa shape index (κ2) is 11.3. The van der Waals surface area contributed by atoms with E-state index in [9.17, 15) is 4.79 Å². The minimum Gasteiger partial charge on any atom is -0.462 e. The number of guanidine groups is 1. The lowest BCUT2D eigenvalue weighted by atomic mass is 10.3. The van der Waals surface area contributed by atoms with Crippen molar-refractivity contribution in [3.63, 3.8) is 0 Å². The van der Waals surface area contributed by atoms with Gasteiger partial charge in [-0.2, -0.15) is 0 Å². The molecule has 0 saturated carbocycles. The zero-order valence-corrected chi connectivity index (χ0v) is 19.6. The number of hydrogen-bond donors (Lipinski definition) is 2. The molecule has 0 bridgehead atoms. The van der Waals surface area contributed by atoms with Crippen LogP contribution in [-0.2, 0) is 18.3 Å². The third-order valence-corrected chi connectivity index (χ3v) is 4.97. The van der Waals surface area contributed by atoms with Gasteiger partial charge in [-0.3, -0.25) is 0 Å². The molecular formula is C18H28IN5O2S. The van der Waals surface area contributed by atoms with Crippen LogP contribution in [-0.4, -0.2) is 34.6 Å². The summed E-state index contributed by atoms with van der Waals surface area (Å²) in [5, 5.41) is 7.42. The summed E-state index contributed by atoms with van der Waals surface area (Å²) in [5.41, 5.74) is 1.84. The molecule has 2 aromatic rings. The molecule has 0 fully saturated rings. The zero-order valence-electron chi connectivity index (χ0n) is 16.4. The Kier molecular flexibility index (Phi) is 9.78. The number of thiazole rings is 1. The van der Waals surface area contributed by atoms with Crippen molar-refractivity contribution in [1.29, 1.82) is 0 Å². The molecule has 0 amide bonds. The number of aromatic nitrogens is 2. The number of rotatable bonds is 7. The van der Waals surface area contributed by atoms with Crippen LogP contribution in [0.4, 0.5) is 0 Å². The highest BCUT2D eigenvalue weighted by Crippen LogP contribution is 2.24. The molecule has 9 heteroatoms. The fraction of sp³-hybridized carbons (Fsp3) is 0.500. The number of hydrogen-bond acceptors (Lipinski definition) is 5. The first-order chi connectivity index (χ1) is 12.4. The van der Waals surface area contributed by atoms with Crippen LogP contribution >= 0.6 is 35.3 Å². The van der Waals surface area contributed by atoms with Crippen LogP contribution in [0.25, 0.3) is 0 Å². The molecule has 27 heavy (non-hydrogen) atoms. The Hall–Kier alpha value is -1.62. The van der Waals surface area contributed by atoms with Crippen LogP contribution in [0.5, 0.6) is 0 Å². The van der Waals surface area contributed by atoms with Crippen molar-refractivity contribution in [2.45, 2.75) is 40.3 Å². The van der Waals surface area contributed by atoms with Gasteiger partial charge in [0, 0.05) is 26.0 Å². The summed E-state index contributed by atoms with van der Waals surface area (Å²) in [6, 6.07) is 1.97. The summed E-state index contributed by atoms with van der Waals surface area (Å²) in [7, 11) is 1.99. The van der Waals surface area contributed by atoms with Gasteiger partial charge in [-0.05, 0) is 39.3 Å². The van der Waals surface area contributed by atoms with Crippen LogP contribution in [0.2, 0.25) is 0 Å². The smallest absolute Gasteiger partial charge is 0.350 e. The van der Waals surface area contributed by atoms with Crippen molar-refractivity contribution in [1.82, 2.24) is 20.2 Å². The molecule has 1 unspecified atom stereocenters. The van der Waals surface area contributed by atoms with E-state index < -0.39 is 0 Å². The lowest BCUT2D eigenvalue weighted by molar-refractivity contribution is 0.0531. The fourth-order valence-corrected chi connectivity index (χ4v) is 3.36. The molecule has 1 atom stereocenters. The number of nitrogens with one attached hydrogen (secondary N) is 2. The van der Waals surface area contributed by atoms with Crippen molar-refractivity contribution >= 4 is 47.2 Å². The molecular weight excluding hydrogens is 477 g/mol. The first-order valence-electron chi connectivity index (χ1n) is 8.74. The molecule has 0 aliphatic carbocycles. The van der Waals surface area contributed by atoms with E-state index in [1.165, 1.54) is 11.3 Å². The Morgan fingerprint density at radius 1 is 1.44 bits per heavy atom. The van der Waals surface area contributed by atoms with E-state index in [4.69, 9.17) is 4.74 Å². The SMILES string of the molecule is CCNC(=NCc1ccn(C)c1)NC(C)c1nc(C)c(C(=O)OCC)s1.I.